The minimum Gasteiger partial charge on any atom is -0.466 e. The molecule has 0 saturated heterocycles. The van der Waals surface area contributed by atoms with E-state index in [0.29, 0.717) is 6.42 Å². The highest BCUT2D eigenvalue weighted by Crippen LogP contribution is 2.32. The minimum absolute atomic E-state index is 0.0219. The number of hydrogen-bond acceptors (Lipinski definition) is 6. The van der Waals surface area contributed by atoms with Gasteiger partial charge in [-0.15, -0.1) is 0 Å². The van der Waals surface area contributed by atoms with Gasteiger partial charge in [0.15, 0.2) is 19.7 Å². The van der Waals surface area contributed by atoms with Crippen LogP contribution in [0.2, 0.25) is 0 Å². The Kier molecular flexibility index (Phi) is 9.46. The highest BCUT2D eigenvalue weighted by molar-refractivity contribution is 7.92. The topological polar surface area (TPSA) is 94.6 Å². The average Bonchev–Trinajstić information content (AvgIpc) is 2.74. The molecule has 2 rings (SSSR count). The maximum atomic E-state index is 13.1. The van der Waals surface area contributed by atoms with Crippen LogP contribution in [0.25, 0.3) is 0 Å². The number of benzene rings is 2. The van der Waals surface area contributed by atoms with Crippen molar-refractivity contribution in [3.8, 4) is 0 Å². The van der Waals surface area contributed by atoms with E-state index in [4.69, 9.17) is 4.74 Å². The summed E-state index contributed by atoms with van der Waals surface area (Å²) in [5.41, 5.74) is 0. The summed E-state index contributed by atoms with van der Waals surface area (Å²) >= 11 is 0. The van der Waals surface area contributed by atoms with Crippen molar-refractivity contribution in [3.63, 3.8) is 0 Å². The average molecular weight is 481 g/mol. The third kappa shape index (κ3) is 7.45. The van der Waals surface area contributed by atoms with Gasteiger partial charge >= 0.3 is 5.97 Å². The maximum absolute atomic E-state index is 13.1. The molecule has 0 aliphatic carbocycles. The van der Waals surface area contributed by atoms with Gasteiger partial charge in [-0.25, -0.2) is 16.8 Å². The van der Waals surface area contributed by atoms with E-state index in [0.717, 1.165) is 0 Å². The second-order valence-corrected chi connectivity index (χ2v) is 12.3. The summed E-state index contributed by atoms with van der Waals surface area (Å²) in [5.74, 6) is -1.99. The second-order valence-electron chi connectivity index (χ2n) is 8.20. The van der Waals surface area contributed by atoms with Crippen LogP contribution in [0, 0.1) is 17.8 Å². The number of carbonyl (C=O) groups excluding carboxylic acids is 1. The molecule has 0 bridgehead atoms. The first kappa shape index (κ1) is 26.1. The summed E-state index contributed by atoms with van der Waals surface area (Å²) in [5, 5.41) is 0. The summed E-state index contributed by atoms with van der Waals surface area (Å²) in [6.07, 6.45) is 0.472. The molecule has 0 spiro atoms. The molecule has 0 aliphatic rings. The fraction of sp³-hybridized carbons (Fsp3) is 0.458. The Hall–Kier alpha value is -2.19. The molecular weight excluding hydrogens is 448 g/mol. The van der Waals surface area contributed by atoms with Gasteiger partial charge in [-0.05, 0) is 55.4 Å². The van der Waals surface area contributed by atoms with Crippen molar-refractivity contribution in [1.82, 2.24) is 0 Å². The van der Waals surface area contributed by atoms with Crippen LogP contribution in [0.3, 0.4) is 0 Å². The first-order chi connectivity index (χ1) is 15.1. The SMILES string of the molecule is CCOC(=O)CCC(C(C)C)C(CS(=O)(=O)c1ccccc1)CS(=O)(=O)c1ccccc1. The highest BCUT2D eigenvalue weighted by atomic mass is 32.2. The van der Waals surface area contributed by atoms with Crippen LogP contribution < -0.4 is 0 Å². The van der Waals surface area contributed by atoms with E-state index >= 15 is 0 Å². The Morgan fingerprint density at radius 3 is 1.62 bits per heavy atom. The first-order valence-corrected chi connectivity index (χ1v) is 14.1. The third-order valence-corrected chi connectivity index (χ3v) is 9.24. The number of carbonyl (C=O) groups is 1. The van der Waals surface area contributed by atoms with Gasteiger partial charge in [0, 0.05) is 6.42 Å². The van der Waals surface area contributed by atoms with Gasteiger partial charge in [0.2, 0.25) is 0 Å². The Balaban J connectivity index is 2.39. The monoisotopic (exact) mass is 480 g/mol. The van der Waals surface area contributed by atoms with Crippen LogP contribution >= 0.6 is 0 Å². The number of sulfone groups is 2. The quantitative estimate of drug-likeness (QED) is 0.423. The Bertz CT molecular complexity index is 990. The van der Waals surface area contributed by atoms with Gasteiger partial charge < -0.3 is 4.74 Å². The van der Waals surface area contributed by atoms with E-state index < -0.39 is 25.6 Å². The Labute approximate surface area is 191 Å². The van der Waals surface area contributed by atoms with Crippen LogP contribution in [0.15, 0.2) is 70.5 Å². The lowest BCUT2D eigenvalue weighted by Gasteiger charge is -2.30. The minimum atomic E-state index is -3.72. The molecule has 0 radical (unpaired) electrons. The molecule has 0 heterocycles. The Morgan fingerprint density at radius 2 is 1.25 bits per heavy atom. The molecule has 0 fully saturated rings. The molecule has 32 heavy (non-hydrogen) atoms. The molecule has 1 unspecified atom stereocenters. The summed E-state index contributed by atoms with van der Waals surface area (Å²) in [4.78, 5) is 12.3. The molecule has 2 aromatic carbocycles. The van der Waals surface area contributed by atoms with Crippen LogP contribution in [0.1, 0.15) is 33.6 Å². The molecule has 2 aromatic rings. The van der Waals surface area contributed by atoms with E-state index in [-0.39, 0.29) is 52.1 Å². The lowest BCUT2D eigenvalue weighted by Crippen LogP contribution is -2.33. The highest BCUT2D eigenvalue weighted by Gasteiger charge is 2.34. The molecule has 176 valence electrons. The normalized spacial score (nSPS) is 13.3. The second kappa shape index (κ2) is 11.6. The summed E-state index contributed by atoms with van der Waals surface area (Å²) < 4.78 is 57.6. The third-order valence-electron chi connectivity index (χ3n) is 5.52. The maximum Gasteiger partial charge on any atom is 0.305 e. The molecule has 1 atom stereocenters. The van der Waals surface area contributed by atoms with Crippen LogP contribution in [-0.4, -0.2) is 40.9 Å². The van der Waals surface area contributed by atoms with E-state index in [1.165, 1.54) is 24.3 Å². The lowest BCUT2D eigenvalue weighted by molar-refractivity contribution is -0.143. The van der Waals surface area contributed by atoms with Gasteiger partial charge in [-0.3, -0.25) is 4.79 Å². The van der Waals surface area contributed by atoms with E-state index in [1.54, 1.807) is 43.3 Å². The molecule has 0 amide bonds. The smallest absolute Gasteiger partial charge is 0.305 e. The zero-order valence-electron chi connectivity index (χ0n) is 18.8. The summed E-state index contributed by atoms with van der Waals surface area (Å²) in [7, 11) is -7.44. The van der Waals surface area contributed by atoms with Crippen LogP contribution in [0.4, 0.5) is 0 Å². The van der Waals surface area contributed by atoms with Crippen molar-refractivity contribution >= 4 is 25.6 Å². The number of ether oxygens (including phenoxy) is 1. The predicted molar refractivity (Wildman–Crippen MR) is 125 cm³/mol. The van der Waals surface area contributed by atoms with Crippen molar-refractivity contribution in [2.45, 2.75) is 43.4 Å². The molecule has 6 nitrogen and oxygen atoms in total. The predicted octanol–water partition coefficient (Wildman–Crippen LogP) is 4.17. The summed E-state index contributed by atoms with van der Waals surface area (Å²) in [6.45, 7) is 5.83. The molecule has 0 aromatic heterocycles. The molecule has 0 saturated carbocycles. The lowest BCUT2D eigenvalue weighted by atomic mass is 9.82. The van der Waals surface area contributed by atoms with E-state index in [1.807, 2.05) is 13.8 Å². The van der Waals surface area contributed by atoms with Gasteiger partial charge in [0.25, 0.3) is 0 Å². The van der Waals surface area contributed by atoms with Gasteiger partial charge in [0.05, 0.1) is 27.9 Å². The largest absolute Gasteiger partial charge is 0.466 e. The number of rotatable bonds is 12. The van der Waals surface area contributed by atoms with Crippen molar-refractivity contribution in [2.75, 3.05) is 18.1 Å². The van der Waals surface area contributed by atoms with Gasteiger partial charge in [0.1, 0.15) is 0 Å². The van der Waals surface area contributed by atoms with Crippen molar-refractivity contribution in [1.29, 1.82) is 0 Å². The fourth-order valence-electron chi connectivity index (χ4n) is 3.94. The zero-order chi connectivity index (χ0) is 23.8. The van der Waals surface area contributed by atoms with Crippen molar-refractivity contribution < 1.29 is 26.4 Å². The molecule has 8 heteroatoms. The molecular formula is C24H32O6S2. The number of hydrogen-bond donors (Lipinski definition) is 0. The zero-order valence-corrected chi connectivity index (χ0v) is 20.4. The molecule has 0 N–H and O–H groups in total. The standard InChI is InChI=1S/C24H32O6S2/c1-4-30-24(25)16-15-23(19(2)3)20(17-31(26,27)21-11-7-5-8-12-21)18-32(28,29)22-13-9-6-10-14-22/h5-14,19-20,23H,4,15-18H2,1-3H3. The van der Waals surface area contributed by atoms with E-state index in [9.17, 15) is 21.6 Å². The van der Waals surface area contributed by atoms with Crippen LogP contribution in [-0.2, 0) is 29.2 Å². The van der Waals surface area contributed by atoms with Gasteiger partial charge in [-0.1, -0.05) is 50.2 Å². The van der Waals surface area contributed by atoms with Crippen molar-refractivity contribution in [3.05, 3.63) is 60.7 Å². The molecule has 0 aliphatic heterocycles. The fourth-order valence-corrected chi connectivity index (χ4v) is 7.47. The van der Waals surface area contributed by atoms with Gasteiger partial charge in [-0.2, -0.15) is 0 Å². The summed E-state index contributed by atoms with van der Waals surface area (Å²) in [6, 6.07) is 16.1. The van der Waals surface area contributed by atoms with Crippen molar-refractivity contribution in [2.24, 2.45) is 17.8 Å². The Morgan fingerprint density at radius 1 is 0.812 bits per heavy atom. The first-order valence-electron chi connectivity index (χ1n) is 10.8. The number of esters is 1. The van der Waals surface area contributed by atoms with E-state index in [2.05, 4.69) is 0 Å². The van der Waals surface area contributed by atoms with Crippen LogP contribution in [0.5, 0.6) is 0 Å².